The lowest BCUT2D eigenvalue weighted by molar-refractivity contribution is -0.115. The topological polar surface area (TPSA) is 101 Å². The highest BCUT2D eigenvalue weighted by molar-refractivity contribution is 6.16. The zero-order valence-electron chi connectivity index (χ0n) is 11.2. The van der Waals surface area contributed by atoms with Gasteiger partial charge in [-0.25, -0.2) is 0 Å². The van der Waals surface area contributed by atoms with Gasteiger partial charge in [-0.2, -0.15) is 0 Å². The van der Waals surface area contributed by atoms with Crippen molar-refractivity contribution in [3.8, 4) is 0 Å². The number of amides is 2. The molecule has 0 saturated heterocycles. The number of nitrogens with zero attached hydrogens (tertiary/aromatic N) is 1. The van der Waals surface area contributed by atoms with Crippen LogP contribution in [0.25, 0.3) is 0 Å². The van der Waals surface area contributed by atoms with Gasteiger partial charge in [0.25, 0.3) is 5.91 Å². The molecule has 5 N–H and O–H groups in total. The summed E-state index contributed by atoms with van der Waals surface area (Å²) in [7, 11) is 0. The minimum atomic E-state index is -0.324. The molecule has 0 spiro atoms. The van der Waals surface area contributed by atoms with Gasteiger partial charge in [0.05, 0.1) is 16.9 Å². The van der Waals surface area contributed by atoms with Crippen molar-refractivity contribution in [2.24, 2.45) is 0 Å². The standard InChI is InChI=1S/C15H14N4O2/c16-9-5-6-10(11(17)7-9)15(21)19-8-14(20)18-12-3-1-2-4-13(12)19/h1-7H,8,16-17H2,(H,18,20). The van der Waals surface area contributed by atoms with E-state index in [9.17, 15) is 9.59 Å². The summed E-state index contributed by atoms with van der Waals surface area (Å²) in [6.45, 7) is -0.0420. The molecule has 2 aromatic carbocycles. The normalized spacial score (nSPS) is 13.5. The van der Waals surface area contributed by atoms with Crippen LogP contribution in [0.4, 0.5) is 22.7 Å². The van der Waals surface area contributed by atoms with Gasteiger partial charge in [0.2, 0.25) is 5.91 Å². The first-order valence-electron chi connectivity index (χ1n) is 6.42. The van der Waals surface area contributed by atoms with Gasteiger partial charge in [-0.1, -0.05) is 12.1 Å². The van der Waals surface area contributed by atoms with Gasteiger partial charge in [0.1, 0.15) is 6.54 Å². The van der Waals surface area contributed by atoms with Crippen LogP contribution in [0.2, 0.25) is 0 Å². The molecule has 106 valence electrons. The van der Waals surface area contributed by atoms with Crippen LogP contribution in [0.1, 0.15) is 10.4 Å². The smallest absolute Gasteiger partial charge is 0.260 e. The molecular weight excluding hydrogens is 268 g/mol. The van der Waals surface area contributed by atoms with Gasteiger partial charge < -0.3 is 16.8 Å². The third kappa shape index (κ3) is 2.27. The Morgan fingerprint density at radius 1 is 1.14 bits per heavy atom. The molecule has 0 radical (unpaired) electrons. The summed E-state index contributed by atoms with van der Waals surface area (Å²) in [6.07, 6.45) is 0. The van der Waals surface area contributed by atoms with Crippen LogP contribution in [-0.2, 0) is 4.79 Å². The monoisotopic (exact) mass is 282 g/mol. The lowest BCUT2D eigenvalue weighted by Gasteiger charge is -2.29. The van der Waals surface area contributed by atoms with Gasteiger partial charge in [0, 0.05) is 11.4 Å². The minimum Gasteiger partial charge on any atom is -0.399 e. The number of fused-ring (bicyclic) bond motifs is 1. The van der Waals surface area contributed by atoms with E-state index in [0.29, 0.717) is 28.3 Å². The Hall–Kier alpha value is -3.02. The fourth-order valence-corrected chi connectivity index (χ4v) is 2.34. The first-order chi connectivity index (χ1) is 10.1. The van der Waals surface area contributed by atoms with Gasteiger partial charge in [-0.15, -0.1) is 0 Å². The Labute approximate surface area is 121 Å². The van der Waals surface area contributed by atoms with Crippen molar-refractivity contribution in [1.29, 1.82) is 0 Å². The second kappa shape index (κ2) is 4.82. The van der Waals surface area contributed by atoms with Crippen molar-refractivity contribution in [2.75, 3.05) is 28.2 Å². The second-order valence-corrected chi connectivity index (χ2v) is 4.80. The average molecular weight is 282 g/mol. The molecule has 2 aromatic rings. The molecule has 2 amide bonds. The number of hydrogen-bond donors (Lipinski definition) is 3. The lowest BCUT2D eigenvalue weighted by atomic mass is 10.1. The van der Waals surface area contributed by atoms with E-state index < -0.39 is 0 Å². The van der Waals surface area contributed by atoms with Crippen LogP contribution in [0, 0.1) is 0 Å². The average Bonchev–Trinajstić information content (AvgIpc) is 2.45. The molecule has 1 heterocycles. The van der Waals surface area contributed by atoms with Crippen molar-refractivity contribution in [3.63, 3.8) is 0 Å². The Morgan fingerprint density at radius 2 is 1.90 bits per heavy atom. The van der Waals surface area contributed by atoms with E-state index in [4.69, 9.17) is 11.5 Å². The van der Waals surface area contributed by atoms with E-state index in [1.54, 1.807) is 30.3 Å². The molecule has 6 nitrogen and oxygen atoms in total. The zero-order chi connectivity index (χ0) is 15.0. The van der Waals surface area contributed by atoms with Gasteiger partial charge in [0.15, 0.2) is 0 Å². The van der Waals surface area contributed by atoms with Crippen molar-refractivity contribution < 1.29 is 9.59 Å². The number of benzene rings is 2. The summed E-state index contributed by atoms with van der Waals surface area (Å²) in [4.78, 5) is 25.8. The second-order valence-electron chi connectivity index (χ2n) is 4.80. The van der Waals surface area contributed by atoms with E-state index in [1.807, 2.05) is 6.07 Å². The van der Waals surface area contributed by atoms with E-state index in [2.05, 4.69) is 5.32 Å². The SMILES string of the molecule is Nc1ccc(C(=O)N2CC(=O)Nc3ccccc32)c(N)c1. The Morgan fingerprint density at radius 3 is 2.67 bits per heavy atom. The summed E-state index contributed by atoms with van der Waals surface area (Å²) in [6, 6.07) is 11.8. The highest BCUT2D eigenvalue weighted by Gasteiger charge is 2.28. The Bertz CT molecular complexity index is 742. The summed E-state index contributed by atoms with van der Waals surface area (Å²) in [5.41, 5.74) is 13.9. The molecule has 1 aliphatic heterocycles. The molecule has 0 unspecified atom stereocenters. The molecule has 0 fully saturated rings. The number of nitrogens with one attached hydrogen (secondary N) is 1. The molecule has 0 bridgehead atoms. The number of carbonyl (C=O) groups is 2. The fraction of sp³-hybridized carbons (Fsp3) is 0.0667. The largest absolute Gasteiger partial charge is 0.399 e. The predicted molar refractivity (Wildman–Crippen MR) is 82.0 cm³/mol. The van der Waals surface area contributed by atoms with Crippen LogP contribution in [0.15, 0.2) is 42.5 Å². The van der Waals surface area contributed by atoms with E-state index in [-0.39, 0.29) is 18.4 Å². The quantitative estimate of drug-likeness (QED) is 0.689. The van der Waals surface area contributed by atoms with Crippen molar-refractivity contribution in [1.82, 2.24) is 0 Å². The number of anilines is 4. The van der Waals surface area contributed by atoms with Crippen LogP contribution in [-0.4, -0.2) is 18.4 Å². The summed E-state index contributed by atoms with van der Waals surface area (Å²) in [5, 5.41) is 2.74. The van der Waals surface area contributed by atoms with E-state index in [1.165, 1.54) is 11.0 Å². The molecule has 0 aromatic heterocycles. The predicted octanol–water partition coefficient (Wildman–Crippen LogP) is 1.45. The Balaban J connectivity index is 2.04. The highest BCUT2D eigenvalue weighted by Crippen LogP contribution is 2.31. The van der Waals surface area contributed by atoms with Gasteiger partial charge >= 0.3 is 0 Å². The summed E-state index contributed by atoms with van der Waals surface area (Å²) in [5.74, 6) is -0.564. The summed E-state index contributed by atoms with van der Waals surface area (Å²) >= 11 is 0. The van der Waals surface area contributed by atoms with E-state index in [0.717, 1.165) is 0 Å². The maximum atomic E-state index is 12.7. The first kappa shape index (κ1) is 13.0. The molecule has 6 heteroatoms. The molecular formula is C15H14N4O2. The van der Waals surface area contributed by atoms with Crippen LogP contribution in [0.3, 0.4) is 0 Å². The third-order valence-corrected chi connectivity index (χ3v) is 3.32. The first-order valence-corrected chi connectivity index (χ1v) is 6.42. The third-order valence-electron chi connectivity index (χ3n) is 3.32. The fourth-order valence-electron chi connectivity index (χ4n) is 2.34. The molecule has 3 rings (SSSR count). The van der Waals surface area contributed by atoms with Crippen molar-refractivity contribution >= 4 is 34.6 Å². The maximum absolute atomic E-state index is 12.7. The van der Waals surface area contributed by atoms with Crippen LogP contribution in [0.5, 0.6) is 0 Å². The van der Waals surface area contributed by atoms with Gasteiger partial charge in [-0.05, 0) is 30.3 Å². The summed E-state index contributed by atoms with van der Waals surface area (Å²) < 4.78 is 0. The lowest BCUT2D eigenvalue weighted by Crippen LogP contribution is -2.42. The number of rotatable bonds is 1. The van der Waals surface area contributed by atoms with E-state index >= 15 is 0 Å². The van der Waals surface area contributed by atoms with Crippen LogP contribution < -0.4 is 21.7 Å². The zero-order valence-corrected chi connectivity index (χ0v) is 11.2. The maximum Gasteiger partial charge on any atom is 0.260 e. The number of carbonyl (C=O) groups excluding carboxylic acids is 2. The number of nitrogens with two attached hydrogens (primary N) is 2. The van der Waals surface area contributed by atoms with Crippen molar-refractivity contribution in [3.05, 3.63) is 48.0 Å². The van der Waals surface area contributed by atoms with Crippen molar-refractivity contribution in [2.45, 2.75) is 0 Å². The van der Waals surface area contributed by atoms with Gasteiger partial charge in [-0.3, -0.25) is 14.5 Å². The molecule has 0 aliphatic carbocycles. The Kier molecular flexibility index (Phi) is 2.98. The molecule has 21 heavy (non-hydrogen) atoms. The number of hydrogen-bond acceptors (Lipinski definition) is 4. The molecule has 0 atom stereocenters. The highest BCUT2D eigenvalue weighted by atomic mass is 16.2. The van der Waals surface area contributed by atoms with Crippen LogP contribution >= 0.6 is 0 Å². The number of para-hydroxylation sites is 2. The molecule has 0 saturated carbocycles. The minimum absolute atomic E-state index is 0.0420. The number of nitrogen functional groups attached to an aromatic ring is 2. The molecule has 1 aliphatic rings.